The van der Waals surface area contributed by atoms with Gasteiger partial charge in [0.2, 0.25) is 5.13 Å². The fourth-order valence-corrected chi connectivity index (χ4v) is 2.37. The van der Waals surface area contributed by atoms with Gasteiger partial charge in [0, 0.05) is 0 Å². The van der Waals surface area contributed by atoms with E-state index in [1.807, 2.05) is 19.1 Å². The molecule has 0 atom stereocenters. The Morgan fingerprint density at radius 3 is 2.62 bits per heavy atom. The summed E-state index contributed by atoms with van der Waals surface area (Å²) < 4.78 is 1.33. The van der Waals surface area contributed by atoms with Crippen molar-refractivity contribution in [1.29, 1.82) is 0 Å². The number of hydrogen-bond donors (Lipinski definition) is 0. The predicted molar refractivity (Wildman–Crippen MR) is 66.2 cm³/mol. The van der Waals surface area contributed by atoms with Gasteiger partial charge >= 0.3 is 103 Å². The monoisotopic (exact) mass is 316 g/mol. The molecule has 2 aromatic rings. The van der Waals surface area contributed by atoms with Crippen molar-refractivity contribution in [2.75, 3.05) is 0 Å². The quantitative estimate of drug-likeness (QED) is 0.238. The van der Waals surface area contributed by atoms with Gasteiger partial charge in [-0.2, -0.15) is 0 Å². The van der Waals surface area contributed by atoms with E-state index in [1.165, 1.54) is 16.9 Å². The molecule has 72 valence electrons. The zero-order valence-electron chi connectivity index (χ0n) is 9.35. The molecule has 2 rings (SSSR count). The van der Waals surface area contributed by atoms with Crippen LogP contribution in [0.5, 0.6) is 0 Å². The Kier molecular flexibility index (Phi) is 9.96. The van der Waals surface area contributed by atoms with Gasteiger partial charge in [0.15, 0.2) is 0 Å². The minimum Gasteiger partial charge on any atom is -0.788 e. The van der Waals surface area contributed by atoms with Crippen LogP contribution in [0, 0.1) is 6.92 Å². The van der Waals surface area contributed by atoms with Crippen molar-refractivity contribution < 1.29 is 103 Å². The van der Waals surface area contributed by atoms with Crippen LogP contribution in [0.3, 0.4) is 0 Å². The predicted octanol–water partition coefficient (Wildman–Crippen LogP) is -3.31. The minimum absolute atomic E-state index is 0. The molecule has 1 aromatic carbocycles. The molecule has 0 unspecified atom stereocenters. The van der Waals surface area contributed by atoms with E-state index in [1.54, 1.807) is 0 Å². The van der Waals surface area contributed by atoms with E-state index in [0.29, 0.717) is 5.13 Å². The van der Waals surface area contributed by atoms with Crippen molar-refractivity contribution in [2.24, 2.45) is 4.99 Å². The van der Waals surface area contributed by atoms with Crippen LogP contribution in [0.4, 0.5) is 5.13 Å². The van der Waals surface area contributed by atoms with Gasteiger partial charge in [-0.25, -0.2) is 9.36 Å². The smallest absolute Gasteiger partial charge is 0.788 e. The summed E-state index contributed by atoms with van der Waals surface area (Å²) in [5, 5.41) is 0.644. The number of nitrogens with zero attached hydrogens (tertiary/aromatic N) is 2. The number of aromatic nitrogens is 1. The van der Waals surface area contributed by atoms with Crippen LogP contribution in [-0.4, -0.2) is 9.36 Å². The van der Waals surface area contributed by atoms with Crippen molar-refractivity contribution in [1.82, 2.24) is 4.98 Å². The first kappa shape index (κ1) is 18.5. The third-order valence-corrected chi connectivity index (χ3v) is 2.81. The molecule has 0 saturated heterocycles. The summed E-state index contributed by atoms with van der Waals surface area (Å²) in [6.45, 7) is 2.05. The van der Waals surface area contributed by atoms with Crippen molar-refractivity contribution >= 4 is 56.3 Å². The maximum atomic E-state index is 4.72. The number of hydrogen-bond acceptors (Lipinski definition) is 5. The Hall–Kier alpha value is 2.49. The van der Waals surface area contributed by atoms with Crippen LogP contribution < -0.4 is 103 Å². The second-order valence-corrected chi connectivity index (χ2v) is 4.89. The molecule has 0 radical (unpaired) electrons. The van der Waals surface area contributed by atoms with E-state index >= 15 is 0 Å². The van der Waals surface area contributed by atoms with E-state index in [2.05, 4.69) is 16.0 Å². The molecule has 0 fully saturated rings. The largest absolute Gasteiger partial charge is 1.00 e. The van der Waals surface area contributed by atoms with E-state index in [9.17, 15) is 0 Å². The SMILES string of the molecule is Cc1ccc2nc(N=C([S-])[S-])sc2c1.[K+].[K+]. The van der Waals surface area contributed by atoms with Crippen molar-refractivity contribution in [3.05, 3.63) is 23.8 Å². The van der Waals surface area contributed by atoms with Crippen LogP contribution in [0.15, 0.2) is 23.2 Å². The van der Waals surface area contributed by atoms with Crippen LogP contribution in [-0.2, 0) is 25.3 Å². The van der Waals surface area contributed by atoms with Crippen molar-refractivity contribution in [2.45, 2.75) is 6.92 Å². The second kappa shape index (κ2) is 8.62. The first-order chi connectivity index (χ1) is 6.65. The first-order valence-corrected chi connectivity index (χ1v) is 5.58. The van der Waals surface area contributed by atoms with E-state index in [-0.39, 0.29) is 107 Å². The molecule has 7 heteroatoms. The Morgan fingerprint density at radius 2 is 2.00 bits per heavy atom. The van der Waals surface area contributed by atoms with Gasteiger partial charge in [0.25, 0.3) is 0 Å². The van der Waals surface area contributed by atoms with Gasteiger partial charge in [-0.3, -0.25) is 4.99 Å². The normalized spacial score (nSPS) is 9.06. The number of benzene rings is 1. The molecule has 1 heterocycles. The molecule has 0 N–H and O–H groups in total. The van der Waals surface area contributed by atoms with Crippen LogP contribution >= 0.6 is 11.3 Å². The second-order valence-electron chi connectivity index (χ2n) is 2.85. The molecule has 0 saturated carbocycles. The van der Waals surface area contributed by atoms with Gasteiger partial charge in [-0.15, -0.1) is 0 Å². The average molecular weight is 317 g/mol. The number of aliphatic imine (C=N–C) groups is 1. The topological polar surface area (TPSA) is 25.2 Å². The third kappa shape index (κ3) is 5.24. The number of aryl methyl sites for hydroxylation is 1. The van der Waals surface area contributed by atoms with Gasteiger partial charge < -0.3 is 25.3 Å². The molecular formula is C9H6K2N2S3. The molecule has 0 aliphatic rings. The Morgan fingerprint density at radius 1 is 1.31 bits per heavy atom. The summed E-state index contributed by atoms with van der Waals surface area (Å²) >= 11 is 11.0. The van der Waals surface area contributed by atoms with E-state index < -0.39 is 0 Å². The zero-order chi connectivity index (χ0) is 10.1. The average Bonchev–Trinajstić information content (AvgIpc) is 2.44. The fourth-order valence-electron chi connectivity index (χ4n) is 1.15. The summed E-state index contributed by atoms with van der Waals surface area (Å²) in [6, 6.07) is 6.09. The fraction of sp³-hybridized carbons (Fsp3) is 0.111. The standard InChI is InChI=1S/C9H8N2S3.2K/c1-5-2-3-6-7(4-5)14-8(10-6)11-9(12)13;;/h2-4H,1H3,(H2,10,11,12,13);;/q;2*+1/p-2. The van der Waals surface area contributed by atoms with Crippen molar-refractivity contribution in [3.8, 4) is 0 Å². The first-order valence-electron chi connectivity index (χ1n) is 3.95. The zero-order valence-corrected chi connectivity index (χ0v) is 18.0. The summed E-state index contributed by atoms with van der Waals surface area (Å²) in [4.78, 5) is 8.27. The molecule has 0 bridgehead atoms. The molecule has 0 aliphatic heterocycles. The summed E-state index contributed by atoms with van der Waals surface area (Å²) in [7, 11) is 0. The molecule has 0 amide bonds. The summed E-state index contributed by atoms with van der Waals surface area (Å²) in [6.07, 6.45) is 0. The van der Waals surface area contributed by atoms with Crippen molar-refractivity contribution in [3.63, 3.8) is 0 Å². The maximum Gasteiger partial charge on any atom is 1.00 e. The third-order valence-electron chi connectivity index (χ3n) is 1.72. The molecule has 0 aliphatic carbocycles. The minimum atomic E-state index is 0. The van der Waals surface area contributed by atoms with E-state index in [4.69, 9.17) is 25.3 Å². The van der Waals surface area contributed by atoms with Gasteiger partial charge in [0.1, 0.15) is 0 Å². The van der Waals surface area contributed by atoms with Gasteiger partial charge in [-0.05, 0) is 24.6 Å². The van der Waals surface area contributed by atoms with Crippen LogP contribution in [0.2, 0.25) is 0 Å². The molecule has 2 nitrogen and oxygen atoms in total. The van der Waals surface area contributed by atoms with Crippen LogP contribution in [0.1, 0.15) is 5.56 Å². The molecule has 16 heavy (non-hydrogen) atoms. The van der Waals surface area contributed by atoms with Crippen LogP contribution in [0.25, 0.3) is 10.2 Å². The summed E-state index contributed by atoms with van der Waals surface area (Å²) in [5.74, 6) is 0. The molecule has 1 aromatic heterocycles. The number of fused-ring (bicyclic) bond motifs is 1. The summed E-state index contributed by atoms with van der Waals surface area (Å²) in [5.41, 5.74) is 2.17. The Labute approximate surface area is 195 Å². The molecular weight excluding hydrogens is 311 g/mol. The van der Waals surface area contributed by atoms with Gasteiger partial charge in [0.05, 0.1) is 10.2 Å². The number of rotatable bonds is 1. The number of thiazole rings is 1. The Balaban J connectivity index is 0.00000112. The maximum absolute atomic E-state index is 4.72. The Bertz CT molecular complexity index is 506. The molecule has 0 spiro atoms. The van der Waals surface area contributed by atoms with Gasteiger partial charge in [-0.1, -0.05) is 17.4 Å². The van der Waals surface area contributed by atoms with E-state index in [0.717, 1.165) is 10.2 Å².